The van der Waals surface area contributed by atoms with Crippen molar-refractivity contribution in [3.05, 3.63) is 35.1 Å². The number of rotatable bonds is 4. The lowest BCUT2D eigenvalue weighted by molar-refractivity contribution is -0.138. The van der Waals surface area contributed by atoms with Crippen molar-refractivity contribution in [2.75, 3.05) is 0 Å². The van der Waals surface area contributed by atoms with E-state index in [1.165, 1.54) is 0 Å². The molecule has 94 valence electrons. The van der Waals surface area contributed by atoms with E-state index in [4.69, 9.17) is 5.11 Å². The average molecular weight is 250 g/mol. The van der Waals surface area contributed by atoms with Crippen molar-refractivity contribution in [1.82, 2.24) is 0 Å². The molecule has 0 aliphatic heterocycles. The van der Waals surface area contributed by atoms with E-state index in [1.807, 2.05) is 0 Å². The summed E-state index contributed by atoms with van der Waals surface area (Å²) in [6, 6.07) is 2.26. The SMILES string of the molecule is O=C(O)CCCc1ccc(C(F)(F)F)cc1F. The predicted molar refractivity (Wildman–Crippen MR) is 52.0 cm³/mol. The molecule has 0 atom stereocenters. The molecule has 17 heavy (non-hydrogen) atoms. The summed E-state index contributed by atoms with van der Waals surface area (Å²) >= 11 is 0. The first-order valence-electron chi connectivity index (χ1n) is 4.88. The Kier molecular flexibility index (Phi) is 4.09. The van der Waals surface area contributed by atoms with Crippen molar-refractivity contribution in [3.63, 3.8) is 0 Å². The van der Waals surface area contributed by atoms with Gasteiger partial charge in [0.15, 0.2) is 0 Å². The number of halogens is 4. The van der Waals surface area contributed by atoms with Crippen LogP contribution in [0.15, 0.2) is 18.2 Å². The van der Waals surface area contributed by atoms with Crippen LogP contribution in [0.25, 0.3) is 0 Å². The standard InChI is InChI=1S/C11H10F4O2/c12-9-6-8(11(13,14)15)5-4-7(9)2-1-3-10(16)17/h4-6H,1-3H2,(H,16,17). The number of carboxylic acid groups (broad SMARTS) is 1. The van der Waals surface area contributed by atoms with Crippen LogP contribution in [-0.4, -0.2) is 11.1 Å². The van der Waals surface area contributed by atoms with Crippen LogP contribution in [0, 0.1) is 5.82 Å². The van der Waals surface area contributed by atoms with Gasteiger partial charge < -0.3 is 5.11 Å². The highest BCUT2D eigenvalue weighted by Crippen LogP contribution is 2.30. The summed E-state index contributed by atoms with van der Waals surface area (Å²) in [6.45, 7) is 0. The maximum Gasteiger partial charge on any atom is 0.416 e. The van der Waals surface area contributed by atoms with Gasteiger partial charge in [-0.2, -0.15) is 13.2 Å². The van der Waals surface area contributed by atoms with Gasteiger partial charge in [0, 0.05) is 6.42 Å². The molecular formula is C11H10F4O2. The third-order valence-electron chi connectivity index (χ3n) is 2.22. The highest BCUT2D eigenvalue weighted by Gasteiger charge is 2.31. The van der Waals surface area contributed by atoms with E-state index in [9.17, 15) is 22.4 Å². The number of aryl methyl sites for hydroxylation is 1. The minimum Gasteiger partial charge on any atom is -0.481 e. The number of hydrogen-bond donors (Lipinski definition) is 1. The molecule has 0 spiro atoms. The largest absolute Gasteiger partial charge is 0.481 e. The molecule has 2 nitrogen and oxygen atoms in total. The Balaban J connectivity index is 2.73. The van der Waals surface area contributed by atoms with E-state index >= 15 is 0 Å². The van der Waals surface area contributed by atoms with Gasteiger partial charge in [0.25, 0.3) is 0 Å². The molecule has 1 aromatic carbocycles. The minimum absolute atomic E-state index is 0.0965. The summed E-state index contributed by atoms with van der Waals surface area (Å²) in [6.07, 6.45) is -4.41. The molecule has 0 bridgehead atoms. The van der Waals surface area contributed by atoms with Crippen molar-refractivity contribution >= 4 is 5.97 Å². The Labute approximate surface area is 94.9 Å². The topological polar surface area (TPSA) is 37.3 Å². The summed E-state index contributed by atoms with van der Waals surface area (Å²) in [5.74, 6) is -1.97. The monoisotopic (exact) mass is 250 g/mol. The maximum absolute atomic E-state index is 13.3. The van der Waals surface area contributed by atoms with E-state index in [0.717, 1.165) is 12.1 Å². The molecule has 0 unspecified atom stereocenters. The Bertz CT molecular complexity index is 412. The normalized spacial score (nSPS) is 11.5. The van der Waals surface area contributed by atoms with E-state index in [-0.39, 0.29) is 24.8 Å². The maximum atomic E-state index is 13.3. The molecule has 0 saturated carbocycles. The molecule has 0 aliphatic carbocycles. The molecule has 0 aliphatic rings. The van der Waals surface area contributed by atoms with Gasteiger partial charge in [-0.25, -0.2) is 4.39 Å². The quantitative estimate of drug-likeness (QED) is 0.833. The fourth-order valence-electron chi connectivity index (χ4n) is 1.36. The van der Waals surface area contributed by atoms with Gasteiger partial charge in [0.05, 0.1) is 5.56 Å². The van der Waals surface area contributed by atoms with E-state index in [2.05, 4.69) is 0 Å². The van der Waals surface area contributed by atoms with Crippen LogP contribution >= 0.6 is 0 Å². The zero-order valence-electron chi connectivity index (χ0n) is 8.72. The third-order valence-corrected chi connectivity index (χ3v) is 2.22. The van der Waals surface area contributed by atoms with Crippen LogP contribution in [0.2, 0.25) is 0 Å². The zero-order chi connectivity index (χ0) is 13.1. The highest BCUT2D eigenvalue weighted by atomic mass is 19.4. The molecule has 0 amide bonds. The molecule has 6 heteroatoms. The van der Waals surface area contributed by atoms with Crippen molar-refractivity contribution < 1.29 is 27.5 Å². The minimum atomic E-state index is -4.57. The predicted octanol–water partition coefficient (Wildman–Crippen LogP) is 3.25. The highest BCUT2D eigenvalue weighted by molar-refractivity contribution is 5.66. The van der Waals surface area contributed by atoms with Gasteiger partial charge in [0.2, 0.25) is 0 Å². The summed E-state index contributed by atoms with van der Waals surface area (Å²) in [5.41, 5.74) is -0.948. The summed E-state index contributed by atoms with van der Waals surface area (Å²) in [4.78, 5) is 10.2. The number of hydrogen-bond acceptors (Lipinski definition) is 1. The fourth-order valence-corrected chi connectivity index (χ4v) is 1.36. The summed E-state index contributed by atoms with van der Waals surface area (Å²) in [7, 11) is 0. The second-order valence-electron chi connectivity index (χ2n) is 3.55. The second-order valence-corrected chi connectivity index (χ2v) is 3.55. The van der Waals surface area contributed by atoms with Crippen LogP contribution in [0.4, 0.5) is 17.6 Å². The van der Waals surface area contributed by atoms with Crippen LogP contribution in [0.1, 0.15) is 24.0 Å². The van der Waals surface area contributed by atoms with Crippen LogP contribution in [0.5, 0.6) is 0 Å². The Morgan fingerprint density at radius 3 is 2.41 bits per heavy atom. The number of alkyl halides is 3. The molecule has 1 N–H and O–H groups in total. The number of carbonyl (C=O) groups is 1. The van der Waals surface area contributed by atoms with Gasteiger partial charge >= 0.3 is 12.1 Å². The molecule has 1 aromatic rings. The number of aliphatic carboxylic acids is 1. The molecular weight excluding hydrogens is 240 g/mol. The van der Waals surface area contributed by atoms with Crippen molar-refractivity contribution in [1.29, 1.82) is 0 Å². The Morgan fingerprint density at radius 1 is 1.29 bits per heavy atom. The van der Waals surface area contributed by atoms with Crippen molar-refractivity contribution in [2.45, 2.75) is 25.4 Å². The first kappa shape index (κ1) is 13.5. The lowest BCUT2D eigenvalue weighted by Gasteiger charge is -2.08. The van der Waals surface area contributed by atoms with Crippen LogP contribution < -0.4 is 0 Å². The van der Waals surface area contributed by atoms with Gasteiger partial charge in [-0.05, 0) is 30.5 Å². The number of carboxylic acids is 1. The van der Waals surface area contributed by atoms with Gasteiger partial charge in [-0.3, -0.25) is 4.79 Å². The number of benzene rings is 1. The Morgan fingerprint density at radius 2 is 1.94 bits per heavy atom. The van der Waals surface area contributed by atoms with Gasteiger partial charge in [-0.15, -0.1) is 0 Å². The van der Waals surface area contributed by atoms with Crippen molar-refractivity contribution in [2.24, 2.45) is 0 Å². The lowest BCUT2D eigenvalue weighted by Crippen LogP contribution is -2.06. The molecule has 0 aromatic heterocycles. The van der Waals surface area contributed by atoms with E-state index in [0.29, 0.717) is 6.07 Å². The zero-order valence-corrected chi connectivity index (χ0v) is 8.72. The molecule has 0 fully saturated rings. The first-order chi connectivity index (χ1) is 7.80. The molecule has 1 rings (SSSR count). The fraction of sp³-hybridized carbons (Fsp3) is 0.364. The van der Waals surface area contributed by atoms with E-state index < -0.39 is 23.5 Å². The smallest absolute Gasteiger partial charge is 0.416 e. The van der Waals surface area contributed by atoms with Crippen molar-refractivity contribution in [3.8, 4) is 0 Å². The van der Waals surface area contributed by atoms with Crippen LogP contribution in [-0.2, 0) is 17.4 Å². The second kappa shape index (κ2) is 5.16. The molecule has 0 radical (unpaired) electrons. The summed E-state index contributed by atoms with van der Waals surface area (Å²) < 4.78 is 49.9. The summed E-state index contributed by atoms with van der Waals surface area (Å²) in [5, 5.41) is 8.37. The molecule has 0 heterocycles. The lowest BCUT2D eigenvalue weighted by atomic mass is 10.1. The average Bonchev–Trinajstić information content (AvgIpc) is 2.18. The third kappa shape index (κ3) is 4.05. The Hall–Kier alpha value is -1.59. The van der Waals surface area contributed by atoms with Crippen LogP contribution in [0.3, 0.4) is 0 Å². The first-order valence-corrected chi connectivity index (χ1v) is 4.88. The molecule has 0 saturated heterocycles. The van der Waals surface area contributed by atoms with E-state index in [1.54, 1.807) is 0 Å². The van der Waals surface area contributed by atoms with Gasteiger partial charge in [-0.1, -0.05) is 6.07 Å². The van der Waals surface area contributed by atoms with Gasteiger partial charge in [0.1, 0.15) is 5.82 Å².